The van der Waals surface area contributed by atoms with Crippen LogP contribution in [0, 0.1) is 11.3 Å². The molecule has 3 N–H and O–H groups in total. The van der Waals surface area contributed by atoms with Crippen molar-refractivity contribution in [3.8, 4) is 6.07 Å². The molecule has 0 fully saturated rings. The predicted octanol–water partition coefficient (Wildman–Crippen LogP) is 2.54. The van der Waals surface area contributed by atoms with Crippen LogP contribution in [0.5, 0.6) is 0 Å². The van der Waals surface area contributed by atoms with Crippen LogP contribution in [0.3, 0.4) is 0 Å². The molecule has 0 unspecified atom stereocenters. The van der Waals surface area contributed by atoms with E-state index >= 15 is 0 Å². The first-order valence-electron chi connectivity index (χ1n) is 9.31. The van der Waals surface area contributed by atoms with E-state index in [2.05, 4.69) is 21.6 Å². The van der Waals surface area contributed by atoms with Crippen molar-refractivity contribution in [1.29, 1.82) is 5.26 Å². The smallest absolute Gasteiger partial charge is 0.240 e. The highest BCUT2D eigenvalue weighted by Crippen LogP contribution is 2.18. The maximum absolute atomic E-state index is 12.5. The Hall–Kier alpha value is -3.28. The number of hydrogen-bond donors (Lipinski definition) is 2. The Morgan fingerprint density at radius 3 is 2.63 bits per heavy atom. The molecule has 8 heteroatoms. The molecule has 30 heavy (non-hydrogen) atoms. The van der Waals surface area contributed by atoms with Gasteiger partial charge in [-0.3, -0.25) is 9.20 Å². The Bertz CT molecular complexity index is 1020. The van der Waals surface area contributed by atoms with Gasteiger partial charge in [0.25, 0.3) is 0 Å². The molecule has 1 amide bonds. The summed E-state index contributed by atoms with van der Waals surface area (Å²) >= 11 is 0. The molecule has 2 aromatic heterocycles. The molecule has 0 aliphatic rings. The van der Waals surface area contributed by atoms with Crippen LogP contribution in [0.2, 0.25) is 0 Å². The lowest BCUT2D eigenvalue weighted by molar-refractivity contribution is -0.126. The van der Waals surface area contributed by atoms with Gasteiger partial charge in [0, 0.05) is 5.69 Å². The Morgan fingerprint density at radius 2 is 1.97 bits per heavy atom. The summed E-state index contributed by atoms with van der Waals surface area (Å²) in [6, 6.07) is 16.8. The number of carbonyl (C=O) groups excluding carboxylic acids is 1. The van der Waals surface area contributed by atoms with Gasteiger partial charge in [-0.1, -0.05) is 43.8 Å². The van der Waals surface area contributed by atoms with Crippen LogP contribution < -0.4 is 11.1 Å². The topological polar surface area (TPSA) is 118 Å². The third kappa shape index (κ3) is 5.41. The number of rotatable bonds is 8. The van der Waals surface area contributed by atoms with E-state index < -0.39 is 11.6 Å². The molecule has 3 rings (SSSR count). The first kappa shape index (κ1) is 23.0. The lowest BCUT2D eigenvalue weighted by Gasteiger charge is -2.24. The first-order chi connectivity index (χ1) is 13.9. The maximum atomic E-state index is 12.5. The molecule has 8 nitrogen and oxygen atoms in total. The van der Waals surface area contributed by atoms with Crippen LogP contribution in [0.15, 0.2) is 48.5 Å². The Balaban J connectivity index is 0.00000320. The number of amides is 1. The summed E-state index contributed by atoms with van der Waals surface area (Å²) in [6.07, 6.45) is 0.191. The Morgan fingerprint density at radius 1 is 1.23 bits per heavy atom. The molecular weight excluding hydrogens is 380 g/mol. The molecule has 3 aromatic rings. The van der Waals surface area contributed by atoms with Crippen molar-refractivity contribution in [3.63, 3.8) is 0 Å². The van der Waals surface area contributed by atoms with E-state index in [9.17, 15) is 4.79 Å². The summed E-state index contributed by atoms with van der Waals surface area (Å²) in [5.74, 6) is 0.164. The molecule has 0 aliphatic carbocycles. The molecule has 0 saturated carbocycles. The van der Waals surface area contributed by atoms with E-state index in [0.717, 1.165) is 11.3 Å². The van der Waals surface area contributed by atoms with E-state index in [1.807, 2.05) is 42.5 Å². The third-order valence-corrected chi connectivity index (χ3v) is 4.39. The minimum absolute atomic E-state index is 0. The van der Waals surface area contributed by atoms with Crippen molar-refractivity contribution in [2.24, 2.45) is 5.73 Å². The normalized spacial score (nSPS) is 12.1. The van der Waals surface area contributed by atoms with Crippen molar-refractivity contribution in [2.45, 2.75) is 45.9 Å². The lowest BCUT2D eigenvalue weighted by atomic mass is 10.1. The summed E-state index contributed by atoms with van der Waals surface area (Å²) in [4.78, 5) is 12.5. The van der Waals surface area contributed by atoms with Crippen molar-refractivity contribution >= 4 is 11.6 Å². The van der Waals surface area contributed by atoms with Gasteiger partial charge in [-0.05, 0) is 31.5 Å². The highest BCUT2D eigenvalue weighted by Gasteiger charge is 2.28. The minimum atomic E-state index is -1.06. The van der Waals surface area contributed by atoms with Crippen LogP contribution in [-0.4, -0.2) is 32.7 Å². The SMILES string of the molecule is C.CC(C)(N)C(=O)N[C@H](COCc1ccccc1)c1nnc2cccc(CC#N)n12. The van der Waals surface area contributed by atoms with Gasteiger partial charge in [0.15, 0.2) is 11.5 Å². The van der Waals surface area contributed by atoms with Crippen molar-refractivity contribution in [3.05, 3.63) is 65.6 Å². The summed E-state index contributed by atoms with van der Waals surface area (Å²) in [7, 11) is 0. The summed E-state index contributed by atoms with van der Waals surface area (Å²) in [6.45, 7) is 3.83. The molecule has 0 spiro atoms. The molecule has 1 aromatic carbocycles. The van der Waals surface area contributed by atoms with E-state index in [1.165, 1.54) is 0 Å². The quantitative estimate of drug-likeness (QED) is 0.591. The number of carbonyl (C=O) groups is 1. The average Bonchev–Trinajstić information content (AvgIpc) is 3.12. The monoisotopic (exact) mass is 408 g/mol. The number of aromatic nitrogens is 3. The van der Waals surface area contributed by atoms with E-state index in [1.54, 1.807) is 24.3 Å². The second-order valence-corrected chi connectivity index (χ2v) is 7.35. The largest absolute Gasteiger partial charge is 0.374 e. The summed E-state index contributed by atoms with van der Waals surface area (Å²) < 4.78 is 7.65. The van der Waals surface area contributed by atoms with Gasteiger partial charge < -0.3 is 15.8 Å². The molecule has 0 aliphatic heterocycles. The number of ether oxygens (including phenoxy) is 1. The summed E-state index contributed by atoms with van der Waals surface area (Å²) in [5.41, 5.74) is 7.25. The van der Waals surface area contributed by atoms with Crippen LogP contribution in [0.1, 0.15) is 44.4 Å². The number of nitrogens with zero attached hydrogens (tertiary/aromatic N) is 4. The first-order valence-corrected chi connectivity index (χ1v) is 9.31. The van der Waals surface area contributed by atoms with Gasteiger partial charge >= 0.3 is 0 Å². The van der Waals surface area contributed by atoms with Gasteiger partial charge in [-0.15, -0.1) is 10.2 Å². The number of nitriles is 1. The van der Waals surface area contributed by atoms with Crippen LogP contribution in [-0.2, 0) is 22.6 Å². The average molecular weight is 409 g/mol. The zero-order valence-corrected chi connectivity index (χ0v) is 16.5. The van der Waals surface area contributed by atoms with E-state index in [-0.39, 0.29) is 26.4 Å². The van der Waals surface area contributed by atoms with Gasteiger partial charge in [0.2, 0.25) is 5.91 Å². The molecule has 0 bridgehead atoms. The minimum Gasteiger partial charge on any atom is -0.374 e. The number of hydrogen-bond acceptors (Lipinski definition) is 6. The third-order valence-electron chi connectivity index (χ3n) is 4.39. The number of benzene rings is 1. The zero-order chi connectivity index (χ0) is 20.9. The standard InChI is InChI=1S/C21H24N6O2.CH4/c1-21(2,23)20(28)24-17(14-29-13-15-7-4-3-5-8-15)19-26-25-18-10-6-9-16(11-12-22)27(18)19;/h3-10,17H,11,13-14,23H2,1-2H3,(H,24,28);1H4/t17-;/m1./s1. The van der Waals surface area contributed by atoms with Crippen molar-refractivity contribution in [2.75, 3.05) is 6.61 Å². The van der Waals surface area contributed by atoms with Gasteiger partial charge in [0.05, 0.1) is 31.2 Å². The van der Waals surface area contributed by atoms with Crippen LogP contribution in [0.4, 0.5) is 0 Å². The molecule has 0 radical (unpaired) electrons. The maximum Gasteiger partial charge on any atom is 0.240 e. The lowest BCUT2D eigenvalue weighted by Crippen LogP contribution is -2.51. The second-order valence-electron chi connectivity index (χ2n) is 7.35. The predicted molar refractivity (Wildman–Crippen MR) is 114 cm³/mol. The molecule has 0 saturated heterocycles. The van der Waals surface area contributed by atoms with Gasteiger partial charge in [0.1, 0.15) is 6.04 Å². The Labute approximate surface area is 176 Å². The van der Waals surface area contributed by atoms with Crippen LogP contribution >= 0.6 is 0 Å². The number of fused-ring (bicyclic) bond motifs is 1. The summed E-state index contributed by atoms with van der Waals surface area (Å²) in [5, 5.41) is 20.5. The van der Waals surface area contributed by atoms with Crippen molar-refractivity contribution < 1.29 is 9.53 Å². The molecule has 158 valence electrons. The van der Waals surface area contributed by atoms with E-state index in [0.29, 0.717) is 18.1 Å². The molecule has 2 heterocycles. The number of pyridine rings is 1. The second kappa shape index (κ2) is 9.96. The van der Waals surface area contributed by atoms with Gasteiger partial charge in [-0.2, -0.15) is 5.26 Å². The fourth-order valence-electron chi connectivity index (χ4n) is 2.87. The fraction of sp³-hybridized carbons (Fsp3) is 0.364. The fourth-order valence-corrected chi connectivity index (χ4v) is 2.87. The van der Waals surface area contributed by atoms with Gasteiger partial charge in [-0.25, -0.2) is 0 Å². The zero-order valence-electron chi connectivity index (χ0n) is 16.5. The van der Waals surface area contributed by atoms with Crippen molar-refractivity contribution in [1.82, 2.24) is 19.9 Å². The number of nitrogens with one attached hydrogen (secondary N) is 1. The highest BCUT2D eigenvalue weighted by atomic mass is 16.5. The van der Waals surface area contributed by atoms with Crippen LogP contribution in [0.25, 0.3) is 5.65 Å². The molecular formula is C22H28N6O2. The van der Waals surface area contributed by atoms with E-state index in [4.69, 9.17) is 15.7 Å². The highest BCUT2D eigenvalue weighted by molar-refractivity contribution is 5.85. The molecule has 1 atom stereocenters. The number of nitrogens with two attached hydrogens (primary N) is 1. The Kier molecular flexibility index (Phi) is 7.64.